The van der Waals surface area contributed by atoms with Crippen LogP contribution in [0, 0.1) is 11.6 Å². The Labute approximate surface area is 228 Å². The third kappa shape index (κ3) is 5.70. The highest BCUT2D eigenvalue weighted by Gasteiger charge is 2.20. The van der Waals surface area contributed by atoms with Crippen LogP contribution < -0.4 is 21.1 Å². The first-order chi connectivity index (χ1) is 19.3. The molecule has 5 rings (SSSR count). The molecule has 3 N–H and O–H groups in total. The number of nitrogens with zero attached hydrogens (tertiary/aromatic N) is 2. The summed E-state index contributed by atoms with van der Waals surface area (Å²) in [6.07, 6.45) is 1.57. The van der Waals surface area contributed by atoms with Gasteiger partial charge in [0.05, 0.1) is 28.7 Å². The smallest absolute Gasteiger partial charge is 0.326 e. The lowest BCUT2D eigenvalue weighted by molar-refractivity contribution is 0.0940. The summed E-state index contributed by atoms with van der Waals surface area (Å²) < 4.78 is 34.7. The lowest BCUT2D eigenvalue weighted by atomic mass is 10.1. The molecule has 0 saturated carbocycles. The van der Waals surface area contributed by atoms with Crippen molar-refractivity contribution in [3.8, 4) is 5.75 Å². The number of aromatic nitrogens is 3. The fraction of sp³-hybridized carbons (Fsp3) is 0.167. The average Bonchev–Trinajstić information content (AvgIpc) is 3.25. The van der Waals surface area contributed by atoms with Gasteiger partial charge in [0.1, 0.15) is 18.2 Å². The van der Waals surface area contributed by atoms with Crippen LogP contribution in [-0.2, 0) is 7.05 Å². The number of anilines is 1. The van der Waals surface area contributed by atoms with Gasteiger partial charge >= 0.3 is 5.69 Å². The van der Waals surface area contributed by atoms with E-state index in [1.54, 1.807) is 44.4 Å². The Hall–Kier alpha value is -4.99. The zero-order valence-electron chi connectivity index (χ0n) is 21.8. The molecule has 1 amide bonds. The third-order valence-corrected chi connectivity index (χ3v) is 6.65. The summed E-state index contributed by atoms with van der Waals surface area (Å²) in [5.74, 6) is -1.47. The van der Waals surface area contributed by atoms with Gasteiger partial charge in [0.2, 0.25) is 0 Å². The molecule has 8 nitrogen and oxygen atoms in total. The quantitative estimate of drug-likeness (QED) is 0.235. The van der Waals surface area contributed by atoms with E-state index in [1.807, 2.05) is 36.4 Å². The Morgan fingerprint density at radius 3 is 2.58 bits per heavy atom. The van der Waals surface area contributed by atoms with Crippen LogP contribution >= 0.6 is 0 Å². The maximum Gasteiger partial charge on any atom is 0.326 e. The second-order valence-electron chi connectivity index (χ2n) is 9.36. The summed E-state index contributed by atoms with van der Waals surface area (Å²) in [5, 5.41) is 6.15. The lowest BCUT2D eigenvalue weighted by Crippen LogP contribution is -2.29. The second-order valence-corrected chi connectivity index (χ2v) is 9.36. The molecule has 5 aromatic rings. The molecule has 40 heavy (non-hydrogen) atoms. The number of hydrogen-bond acceptors (Lipinski definition) is 5. The summed E-state index contributed by atoms with van der Waals surface area (Å²) in [6, 6.07) is 20.8. The third-order valence-electron chi connectivity index (χ3n) is 6.65. The van der Waals surface area contributed by atoms with Crippen LogP contribution in [0.5, 0.6) is 5.75 Å². The second kappa shape index (κ2) is 11.4. The number of hydrogen-bond donors (Lipinski definition) is 3. The Morgan fingerprint density at radius 1 is 1.00 bits per heavy atom. The minimum absolute atomic E-state index is 0.190. The van der Waals surface area contributed by atoms with Crippen LogP contribution in [-0.4, -0.2) is 27.0 Å². The van der Waals surface area contributed by atoms with Crippen molar-refractivity contribution in [1.29, 1.82) is 0 Å². The monoisotopic (exact) mass is 543 g/mol. The largest absolute Gasteiger partial charge is 0.491 e. The number of imidazole rings is 1. The first-order valence-electron chi connectivity index (χ1n) is 12.6. The summed E-state index contributed by atoms with van der Waals surface area (Å²) >= 11 is 0. The van der Waals surface area contributed by atoms with Crippen molar-refractivity contribution < 1.29 is 18.3 Å². The van der Waals surface area contributed by atoms with Crippen LogP contribution in [0.1, 0.15) is 40.5 Å². The molecule has 0 aliphatic carbocycles. The van der Waals surface area contributed by atoms with Gasteiger partial charge in [-0.05, 0) is 54.4 Å². The van der Waals surface area contributed by atoms with Gasteiger partial charge in [0.15, 0.2) is 11.6 Å². The van der Waals surface area contributed by atoms with Gasteiger partial charge in [0.25, 0.3) is 5.91 Å². The number of fused-ring (bicyclic) bond motifs is 1. The number of ether oxygens (including phenoxy) is 1. The molecule has 0 spiro atoms. The lowest BCUT2D eigenvalue weighted by Gasteiger charge is -2.22. The average molecular weight is 544 g/mol. The van der Waals surface area contributed by atoms with Crippen LogP contribution in [0.4, 0.5) is 14.6 Å². The molecule has 2 aromatic heterocycles. The number of aryl methyl sites for hydroxylation is 1. The minimum Gasteiger partial charge on any atom is -0.491 e. The summed E-state index contributed by atoms with van der Waals surface area (Å²) in [7, 11) is 1.69. The van der Waals surface area contributed by atoms with Crippen LogP contribution in [0.25, 0.3) is 11.0 Å². The highest BCUT2D eigenvalue weighted by atomic mass is 19.2. The standard InChI is InChI=1S/C30H27F2N5O3/c1-18(20-10-12-23(31)24(32)15-20)34-29(38)22-9-6-14-33-28(22)35-26(19-7-4-3-5-8-19)17-40-21-11-13-27-25(16-21)36-30(39)37(27)2/h3-16,18,26H,17H2,1-2H3,(H,33,35)(H,34,38)(H,36,39)/t18-,26?/m0/s1. The van der Waals surface area contributed by atoms with Crippen molar-refractivity contribution in [3.63, 3.8) is 0 Å². The van der Waals surface area contributed by atoms with Gasteiger partial charge in [-0.1, -0.05) is 36.4 Å². The number of aromatic amines is 1. The van der Waals surface area contributed by atoms with Crippen molar-refractivity contribution in [2.45, 2.75) is 19.0 Å². The Balaban J connectivity index is 1.36. The topological polar surface area (TPSA) is 101 Å². The Morgan fingerprint density at radius 2 is 1.80 bits per heavy atom. The molecule has 2 atom stereocenters. The molecule has 204 valence electrons. The van der Waals surface area contributed by atoms with E-state index < -0.39 is 29.6 Å². The van der Waals surface area contributed by atoms with Crippen molar-refractivity contribution in [1.82, 2.24) is 19.9 Å². The number of carbonyl (C=O) groups excluding carboxylic acids is 1. The van der Waals surface area contributed by atoms with Gasteiger partial charge in [-0.3, -0.25) is 9.36 Å². The molecular weight excluding hydrogens is 516 g/mol. The number of rotatable bonds is 9. The molecule has 10 heteroatoms. The number of amides is 1. The van der Waals surface area contributed by atoms with E-state index in [2.05, 4.69) is 20.6 Å². The fourth-order valence-corrected chi connectivity index (χ4v) is 4.40. The van der Waals surface area contributed by atoms with Crippen LogP contribution in [0.3, 0.4) is 0 Å². The zero-order chi connectivity index (χ0) is 28.2. The van der Waals surface area contributed by atoms with E-state index in [1.165, 1.54) is 10.6 Å². The molecule has 0 radical (unpaired) electrons. The van der Waals surface area contributed by atoms with E-state index >= 15 is 0 Å². The van der Waals surface area contributed by atoms with E-state index in [-0.39, 0.29) is 17.9 Å². The van der Waals surface area contributed by atoms with Crippen molar-refractivity contribution >= 4 is 22.8 Å². The van der Waals surface area contributed by atoms with E-state index in [9.17, 15) is 18.4 Å². The van der Waals surface area contributed by atoms with E-state index in [0.717, 1.165) is 23.2 Å². The maximum absolute atomic E-state index is 13.7. The number of pyridine rings is 1. The first-order valence-corrected chi connectivity index (χ1v) is 12.6. The molecule has 3 aromatic carbocycles. The molecule has 0 saturated heterocycles. The molecule has 0 aliphatic heterocycles. The highest BCUT2D eigenvalue weighted by molar-refractivity contribution is 5.99. The normalized spacial score (nSPS) is 12.6. The van der Waals surface area contributed by atoms with Crippen molar-refractivity contribution in [2.75, 3.05) is 11.9 Å². The molecule has 0 fully saturated rings. The number of nitrogens with one attached hydrogen (secondary N) is 3. The zero-order valence-corrected chi connectivity index (χ0v) is 21.8. The SMILES string of the molecule is C[C@H](NC(=O)c1cccnc1NC(COc1ccc2c(c1)[nH]c(=O)n2C)c1ccccc1)c1ccc(F)c(F)c1. The molecule has 0 aliphatic rings. The summed E-state index contributed by atoms with van der Waals surface area (Å²) in [4.78, 5) is 32.4. The number of carbonyl (C=O) groups is 1. The molecule has 0 bridgehead atoms. The van der Waals surface area contributed by atoms with Crippen LogP contribution in [0.2, 0.25) is 0 Å². The maximum atomic E-state index is 13.7. The number of benzene rings is 3. The minimum atomic E-state index is -0.981. The van der Waals surface area contributed by atoms with Gasteiger partial charge in [-0.25, -0.2) is 18.6 Å². The van der Waals surface area contributed by atoms with Crippen LogP contribution in [0.15, 0.2) is 89.9 Å². The summed E-state index contributed by atoms with van der Waals surface area (Å²) in [5.41, 5.74) is 2.82. The first kappa shape index (κ1) is 26.6. The number of halogens is 2. The van der Waals surface area contributed by atoms with Crippen molar-refractivity contribution in [3.05, 3.63) is 124 Å². The predicted octanol–water partition coefficient (Wildman–Crippen LogP) is 5.26. The Bertz CT molecular complexity index is 1720. The van der Waals surface area contributed by atoms with E-state index in [4.69, 9.17) is 4.74 Å². The van der Waals surface area contributed by atoms with Gasteiger partial charge in [-0.15, -0.1) is 0 Å². The fourth-order valence-electron chi connectivity index (χ4n) is 4.40. The molecular formula is C30H27F2N5O3. The predicted molar refractivity (Wildman–Crippen MR) is 148 cm³/mol. The van der Waals surface area contributed by atoms with Gasteiger partial charge < -0.3 is 20.4 Å². The van der Waals surface area contributed by atoms with Crippen molar-refractivity contribution in [2.24, 2.45) is 7.05 Å². The Kier molecular flexibility index (Phi) is 7.59. The molecule has 2 heterocycles. The highest BCUT2D eigenvalue weighted by Crippen LogP contribution is 2.25. The summed E-state index contributed by atoms with van der Waals surface area (Å²) in [6.45, 7) is 1.88. The van der Waals surface area contributed by atoms with E-state index in [0.29, 0.717) is 22.6 Å². The molecule has 1 unspecified atom stereocenters. The number of H-pyrrole nitrogens is 1. The van der Waals surface area contributed by atoms with Gasteiger partial charge in [-0.2, -0.15) is 0 Å². The van der Waals surface area contributed by atoms with Gasteiger partial charge in [0, 0.05) is 19.3 Å².